The summed E-state index contributed by atoms with van der Waals surface area (Å²) in [6.45, 7) is 0.855. The molecule has 3 aliphatic rings. The van der Waals surface area contributed by atoms with E-state index in [1.165, 1.54) is 0 Å². The van der Waals surface area contributed by atoms with E-state index < -0.39 is 0 Å². The van der Waals surface area contributed by atoms with Crippen molar-refractivity contribution in [3.8, 4) is 11.8 Å². The summed E-state index contributed by atoms with van der Waals surface area (Å²) in [5.74, 6) is 1.48. The lowest BCUT2D eigenvalue weighted by Gasteiger charge is -2.27. The van der Waals surface area contributed by atoms with E-state index in [0.29, 0.717) is 33.8 Å². The van der Waals surface area contributed by atoms with E-state index in [-0.39, 0.29) is 6.04 Å². The van der Waals surface area contributed by atoms with Crippen LogP contribution in [0.4, 0.5) is 11.6 Å². The molecule has 2 unspecified atom stereocenters. The first-order valence-corrected chi connectivity index (χ1v) is 9.41. The molecule has 2 bridgehead atoms. The van der Waals surface area contributed by atoms with Gasteiger partial charge in [0.15, 0.2) is 5.15 Å². The molecule has 28 heavy (non-hydrogen) atoms. The molecule has 0 amide bonds. The van der Waals surface area contributed by atoms with Gasteiger partial charge >= 0.3 is 6.01 Å². The summed E-state index contributed by atoms with van der Waals surface area (Å²) in [5.41, 5.74) is 2.08. The van der Waals surface area contributed by atoms with Crippen LogP contribution in [0.15, 0.2) is 48.3 Å². The maximum atomic E-state index is 6.00. The van der Waals surface area contributed by atoms with Crippen LogP contribution in [0, 0.1) is 5.92 Å². The van der Waals surface area contributed by atoms with Crippen LogP contribution in [0.3, 0.4) is 0 Å². The highest BCUT2D eigenvalue weighted by Crippen LogP contribution is 2.43. The van der Waals surface area contributed by atoms with Gasteiger partial charge in [0.2, 0.25) is 5.95 Å². The maximum Gasteiger partial charge on any atom is 0.321 e. The van der Waals surface area contributed by atoms with Gasteiger partial charge in [0, 0.05) is 36.3 Å². The summed E-state index contributed by atoms with van der Waals surface area (Å²) >= 11 is 12.0. The molecule has 3 aromatic rings. The lowest BCUT2D eigenvalue weighted by atomic mass is 9.91. The standard InChI is InChI=1S/C18H15Cl2N7O/c1-26-18(28-13-4-2-3-11(19)6-13)23-17(25-26)22-16-10-5-14(16)27(9-10)12-7-15(20)24-21-8-12/h2-8,10,16H,9H2,1H3,(H,22,25). The first-order chi connectivity index (χ1) is 13.6. The number of nitrogens with one attached hydrogen (secondary N) is 1. The van der Waals surface area contributed by atoms with Crippen molar-refractivity contribution < 1.29 is 4.74 Å². The number of halogens is 2. The lowest BCUT2D eigenvalue weighted by molar-refractivity contribution is 0.415. The van der Waals surface area contributed by atoms with E-state index in [4.69, 9.17) is 27.9 Å². The molecule has 1 N–H and O–H groups in total. The first kappa shape index (κ1) is 17.3. The molecule has 2 aromatic heterocycles. The van der Waals surface area contributed by atoms with Gasteiger partial charge < -0.3 is 15.0 Å². The Bertz CT molecular complexity index is 1080. The molecule has 0 spiro atoms. The fraction of sp³-hybridized carbons (Fsp3) is 0.222. The summed E-state index contributed by atoms with van der Waals surface area (Å²) < 4.78 is 7.37. The SMILES string of the molecule is Cn1nc(NC2C3=CC2CN3c2cnnc(Cl)c2)nc1Oc1cccc(Cl)c1. The Morgan fingerprint density at radius 2 is 2.14 bits per heavy atom. The Kier molecular flexibility index (Phi) is 4.10. The molecule has 0 saturated carbocycles. The van der Waals surface area contributed by atoms with Gasteiger partial charge in [0.1, 0.15) is 5.75 Å². The van der Waals surface area contributed by atoms with Crippen LogP contribution in [0.25, 0.3) is 0 Å². The van der Waals surface area contributed by atoms with Crippen LogP contribution in [0.5, 0.6) is 11.8 Å². The molecule has 0 radical (unpaired) electrons. The molecule has 1 saturated heterocycles. The number of aromatic nitrogens is 5. The van der Waals surface area contributed by atoms with Crippen molar-refractivity contribution in [1.29, 1.82) is 0 Å². The van der Waals surface area contributed by atoms with Crippen LogP contribution >= 0.6 is 23.2 Å². The van der Waals surface area contributed by atoms with E-state index in [1.807, 2.05) is 18.2 Å². The van der Waals surface area contributed by atoms with E-state index >= 15 is 0 Å². The smallest absolute Gasteiger partial charge is 0.321 e. The summed E-state index contributed by atoms with van der Waals surface area (Å²) in [6, 6.07) is 9.47. The number of hydrogen-bond donors (Lipinski definition) is 1. The largest absolute Gasteiger partial charge is 0.424 e. The van der Waals surface area contributed by atoms with Crippen LogP contribution in [-0.4, -0.2) is 37.5 Å². The van der Waals surface area contributed by atoms with Gasteiger partial charge in [-0.25, -0.2) is 4.68 Å². The van der Waals surface area contributed by atoms with Crippen molar-refractivity contribution >= 4 is 34.8 Å². The van der Waals surface area contributed by atoms with Crippen molar-refractivity contribution in [2.75, 3.05) is 16.8 Å². The highest BCUT2D eigenvalue weighted by atomic mass is 35.5. The zero-order chi connectivity index (χ0) is 19.3. The quantitative estimate of drug-likeness (QED) is 0.682. The molecule has 10 heteroatoms. The Morgan fingerprint density at radius 3 is 2.96 bits per heavy atom. The third kappa shape index (κ3) is 3.04. The van der Waals surface area contributed by atoms with Crippen LogP contribution < -0.4 is 15.0 Å². The number of benzene rings is 1. The molecule has 2 atom stereocenters. The zero-order valence-corrected chi connectivity index (χ0v) is 16.3. The third-order valence-electron chi connectivity index (χ3n) is 4.77. The van der Waals surface area contributed by atoms with Gasteiger partial charge in [-0.1, -0.05) is 35.3 Å². The molecule has 1 aliphatic carbocycles. The summed E-state index contributed by atoms with van der Waals surface area (Å²) in [7, 11) is 1.78. The highest BCUT2D eigenvalue weighted by molar-refractivity contribution is 6.30. The minimum Gasteiger partial charge on any atom is -0.424 e. The van der Waals surface area contributed by atoms with Gasteiger partial charge in [0.25, 0.3) is 0 Å². The van der Waals surface area contributed by atoms with E-state index in [9.17, 15) is 0 Å². The zero-order valence-electron chi connectivity index (χ0n) is 14.8. The normalized spacial score (nSPS) is 20.0. The fourth-order valence-electron chi connectivity index (χ4n) is 3.46. The highest BCUT2D eigenvalue weighted by Gasteiger charge is 2.45. The first-order valence-electron chi connectivity index (χ1n) is 8.65. The Morgan fingerprint density at radius 1 is 1.25 bits per heavy atom. The maximum absolute atomic E-state index is 6.00. The Labute approximate surface area is 170 Å². The monoisotopic (exact) mass is 415 g/mol. The van der Waals surface area contributed by atoms with E-state index in [2.05, 4.69) is 36.6 Å². The molecule has 1 aromatic carbocycles. The second-order valence-corrected chi connectivity index (χ2v) is 7.45. The number of ether oxygens (including phenoxy) is 1. The Balaban J connectivity index is 1.30. The number of aryl methyl sites for hydroxylation is 1. The van der Waals surface area contributed by atoms with Crippen molar-refractivity contribution in [2.24, 2.45) is 13.0 Å². The van der Waals surface area contributed by atoms with Crippen LogP contribution in [0.2, 0.25) is 10.2 Å². The van der Waals surface area contributed by atoms with E-state index in [0.717, 1.165) is 17.9 Å². The van der Waals surface area contributed by atoms with Crippen LogP contribution in [-0.2, 0) is 7.05 Å². The van der Waals surface area contributed by atoms with Gasteiger partial charge in [-0.2, -0.15) is 10.1 Å². The molecule has 8 nitrogen and oxygen atoms in total. The minimum absolute atomic E-state index is 0.133. The van der Waals surface area contributed by atoms with Gasteiger partial charge in [-0.15, -0.1) is 10.2 Å². The van der Waals surface area contributed by atoms with Crippen molar-refractivity contribution in [3.63, 3.8) is 0 Å². The van der Waals surface area contributed by atoms with Gasteiger partial charge in [-0.3, -0.25) is 0 Å². The number of rotatable bonds is 5. The molecular formula is C18H15Cl2N7O. The number of nitrogens with zero attached hydrogens (tertiary/aromatic N) is 6. The molecular weight excluding hydrogens is 401 g/mol. The fourth-order valence-corrected chi connectivity index (χ4v) is 3.80. The van der Waals surface area contributed by atoms with Crippen molar-refractivity contribution in [3.05, 3.63) is 58.5 Å². The minimum atomic E-state index is 0.133. The topological polar surface area (TPSA) is 81.0 Å². The van der Waals surface area contributed by atoms with Crippen molar-refractivity contribution in [2.45, 2.75) is 6.04 Å². The average Bonchev–Trinajstić information content (AvgIpc) is 3.34. The molecule has 4 heterocycles. The molecule has 1 fully saturated rings. The lowest BCUT2D eigenvalue weighted by Crippen LogP contribution is -2.34. The summed E-state index contributed by atoms with van der Waals surface area (Å²) in [6.07, 6.45) is 3.93. The second-order valence-electron chi connectivity index (χ2n) is 6.63. The predicted molar refractivity (Wildman–Crippen MR) is 106 cm³/mol. The molecule has 2 aliphatic heterocycles. The van der Waals surface area contributed by atoms with Gasteiger partial charge in [-0.05, 0) is 18.2 Å². The van der Waals surface area contributed by atoms with Crippen LogP contribution in [0.1, 0.15) is 0 Å². The number of hydrogen-bond acceptors (Lipinski definition) is 7. The third-order valence-corrected chi connectivity index (χ3v) is 5.19. The van der Waals surface area contributed by atoms with Crippen molar-refractivity contribution in [1.82, 2.24) is 25.0 Å². The molecule has 142 valence electrons. The van der Waals surface area contributed by atoms with Gasteiger partial charge in [0.05, 0.1) is 17.9 Å². The predicted octanol–water partition coefficient (Wildman–Crippen LogP) is 3.52. The summed E-state index contributed by atoms with van der Waals surface area (Å²) in [4.78, 5) is 6.63. The van der Waals surface area contributed by atoms with E-state index in [1.54, 1.807) is 30.1 Å². The Hall–Kier alpha value is -2.84. The molecule has 6 rings (SSSR count). The number of anilines is 2. The number of fused-ring (bicyclic) bond motifs is 1. The average molecular weight is 416 g/mol. The second kappa shape index (κ2) is 6.65. The summed E-state index contributed by atoms with van der Waals surface area (Å²) in [5, 5.41) is 16.5.